The molecule has 0 N–H and O–H groups in total. The van der Waals surface area contributed by atoms with Gasteiger partial charge in [-0.05, 0) is 45.7 Å². The van der Waals surface area contributed by atoms with E-state index in [1.54, 1.807) is 14.2 Å². The Morgan fingerprint density at radius 3 is 2.32 bits per heavy atom. The summed E-state index contributed by atoms with van der Waals surface area (Å²) in [6, 6.07) is 5.93. The zero-order valence-corrected chi connectivity index (χ0v) is 15.4. The average Bonchev–Trinajstić information content (AvgIpc) is 3.42. The second kappa shape index (κ2) is 5.76. The van der Waals surface area contributed by atoms with Crippen LogP contribution in [0.1, 0.15) is 41.5 Å². The first-order valence-corrected chi connectivity index (χ1v) is 8.64. The van der Waals surface area contributed by atoms with Gasteiger partial charge in [0.25, 0.3) is 0 Å². The van der Waals surface area contributed by atoms with Gasteiger partial charge in [0, 0.05) is 34.1 Å². The van der Waals surface area contributed by atoms with E-state index in [2.05, 4.69) is 28.6 Å². The van der Waals surface area contributed by atoms with Crippen molar-refractivity contribution in [1.82, 2.24) is 14.8 Å². The van der Waals surface area contributed by atoms with E-state index in [0.29, 0.717) is 5.92 Å². The minimum atomic E-state index is 0.558. The highest BCUT2D eigenvalue weighted by Crippen LogP contribution is 2.45. The van der Waals surface area contributed by atoms with E-state index in [-0.39, 0.29) is 0 Å². The Morgan fingerprint density at radius 1 is 0.960 bits per heavy atom. The Balaban J connectivity index is 2.03. The molecule has 0 aliphatic heterocycles. The number of aromatic nitrogens is 3. The van der Waals surface area contributed by atoms with Gasteiger partial charge in [-0.3, -0.25) is 0 Å². The second-order valence-corrected chi connectivity index (χ2v) is 6.74. The molecule has 0 spiro atoms. The summed E-state index contributed by atoms with van der Waals surface area (Å²) in [6.07, 6.45) is 2.42. The molecule has 1 aliphatic carbocycles. The zero-order valence-electron chi connectivity index (χ0n) is 15.4. The van der Waals surface area contributed by atoms with Gasteiger partial charge in [0.2, 0.25) is 0 Å². The highest BCUT2D eigenvalue weighted by atomic mass is 16.5. The maximum Gasteiger partial charge on any atom is 0.146 e. The second-order valence-electron chi connectivity index (χ2n) is 6.74. The number of fused-ring (bicyclic) bond motifs is 1. The molecule has 1 aromatic carbocycles. The molecule has 1 saturated carbocycles. The standard InChI is InChI=1S/C20H23N3O2/c1-11-18-12(2)23(16-9-8-15(24-4)10-17(16)25-5)13(3)19(18)20(22-21-11)14-6-7-14/h8-10,14H,6-7H2,1-5H3. The van der Waals surface area contributed by atoms with Gasteiger partial charge in [-0.25, -0.2) is 0 Å². The molecule has 2 heterocycles. The van der Waals surface area contributed by atoms with Crippen LogP contribution < -0.4 is 9.47 Å². The predicted molar refractivity (Wildman–Crippen MR) is 98.2 cm³/mol. The van der Waals surface area contributed by atoms with Gasteiger partial charge in [0.1, 0.15) is 11.5 Å². The summed E-state index contributed by atoms with van der Waals surface area (Å²) in [7, 11) is 3.35. The Hall–Kier alpha value is -2.56. The smallest absolute Gasteiger partial charge is 0.146 e. The first kappa shape index (κ1) is 15.9. The monoisotopic (exact) mass is 337 g/mol. The third-order valence-corrected chi connectivity index (χ3v) is 5.16. The fourth-order valence-electron chi connectivity index (χ4n) is 3.80. The number of methoxy groups -OCH3 is 2. The van der Waals surface area contributed by atoms with Gasteiger partial charge in [-0.15, -0.1) is 0 Å². The minimum Gasteiger partial charge on any atom is -0.497 e. The summed E-state index contributed by atoms with van der Waals surface area (Å²) in [5.74, 6) is 2.13. The van der Waals surface area contributed by atoms with Gasteiger partial charge >= 0.3 is 0 Å². The van der Waals surface area contributed by atoms with Crippen LogP contribution in [0.2, 0.25) is 0 Å². The highest BCUT2D eigenvalue weighted by Gasteiger charge is 2.31. The van der Waals surface area contributed by atoms with Gasteiger partial charge in [0.05, 0.1) is 31.3 Å². The van der Waals surface area contributed by atoms with Crippen molar-refractivity contribution in [3.63, 3.8) is 0 Å². The molecule has 0 atom stereocenters. The summed E-state index contributed by atoms with van der Waals surface area (Å²) in [5.41, 5.74) is 5.50. The number of hydrogen-bond donors (Lipinski definition) is 0. The lowest BCUT2D eigenvalue weighted by atomic mass is 10.1. The topological polar surface area (TPSA) is 49.2 Å². The predicted octanol–water partition coefficient (Wildman–Crippen LogP) is 4.24. The van der Waals surface area contributed by atoms with Crippen molar-refractivity contribution in [3.8, 4) is 17.2 Å². The molecule has 5 nitrogen and oxygen atoms in total. The first-order chi connectivity index (χ1) is 12.1. The molecule has 0 radical (unpaired) electrons. The average molecular weight is 337 g/mol. The third-order valence-electron chi connectivity index (χ3n) is 5.16. The van der Waals surface area contributed by atoms with E-state index >= 15 is 0 Å². The number of rotatable bonds is 4. The maximum atomic E-state index is 5.64. The van der Waals surface area contributed by atoms with E-state index in [1.807, 2.05) is 25.1 Å². The molecule has 0 amide bonds. The van der Waals surface area contributed by atoms with Crippen LogP contribution in [0.5, 0.6) is 11.5 Å². The molecule has 4 rings (SSSR count). The number of nitrogens with zero attached hydrogens (tertiary/aromatic N) is 3. The summed E-state index contributed by atoms with van der Waals surface area (Å²) < 4.78 is 13.2. The van der Waals surface area contributed by atoms with Crippen LogP contribution >= 0.6 is 0 Å². The molecule has 25 heavy (non-hydrogen) atoms. The van der Waals surface area contributed by atoms with Crippen LogP contribution in [0.3, 0.4) is 0 Å². The van der Waals surface area contributed by atoms with Crippen molar-refractivity contribution in [2.45, 2.75) is 39.5 Å². The van der Waals surface area contributed by atoms with Crippen LogP contribution in [0, 0.1) is 20.8 Å². The molecule has 0 unspecified atom stereocenters. The molecule has 0 saturated heterocycles. The largest absolute Gasteiger partial charge is 0.497 e. The third kappa shape index (κ3) is 2.37. The quantitative estimate of drug-likeness (QED) is 0.714. The Labute approximate surface area is 147 Å². The molecule has 3 aromatic rings. The van der Waals surface area contributed by atoms with Crippen molar-refractivity contribution in [2.75, 3.05) is 14.2 Å². The Morgan fingerprint density at radius 2 is 1.68 bits per heavy atom. The Kier molecular flexibility index (Phi) is 3.67. The van der Waals surface area contributed by atoms with Crippen molar-refractivity contribution >= 4 is 10.8 Å². The first-order valence-electron chi connectivity index (χ1n) is 8.64. The normalized spacial score (nSPS) is 14.1. The Bertz CT molecular complexity index is 971. The lowest BCUT2D eigenvalue weighted by molar-refractivity contribution is 0.393. The van der Waals surface area contributed by atoms with Gasteiger partial charge in [-0.1, -0.05) is 0 Å². The molecule has 0 bridgehead atoms. The van der Waals surface area contributed by atoms with Crippen molar-refractivity contribution in [1.29, 1.82) is 0 Å². The highest BCUT2D eigenvalue weighted by molar-refractivity contribution is 5.93. The van der Waals surface area contributed by atoms with Crippen LogP contribution in [0.15, 0.2) is 18.2 Å². The zero-order chi connectivity index (χ0) is 17.7. The van der Waals surface area contributed by atoms with Crippen LogP contribution in [-0.4, -0.2) is 29.0 Å². The fraction of sp³-hybridized carbons (Fsp3) is 0.400. The van der Waals surface area contributed by atoms with Gasteiger partial charge in [-0.2, -0.15) is 10.2 Å². The van der Waals surface area contributed by atoms with Crippen LogP contribution in [0.4, 0.5) is 0 Å². The molecule has 1 fully saturated rings. The molecular weight excluding hydrogens is 314 g/mol. The molecule has 1 aliphatic rings. The SMILES string of the molecule is COc1ccc(-n2c(C)c3c(C)nnc(C4CC4)c3c2C)c(OC)c1. The summed E-state index contributed by atoms with van der Waals surface area (Å²) in [5, 5.41) is 11.4. The van der Waals surface area contributed by atoms with Crippen molar-refractivity contribution in [3.05, 3.63) is 41.0 Å². The number of ether oxygens (including phenoxy) is 2. The summed E-state index contributed by atoms with van der Waals surface area (Å²) >= 11 is 0. The van der Waals surface area contributed by atoms with Gasteiger partial charge in [0.15, 0.2) is 0 Å². The maximum absolute atomic E-state index is 5.64. The lowest BCUT2D eigenvalue weighted by Crippen LogP contribution is -2.02. The van der Waals surface area contributed by atoms with E-state index in [9.17, 15) is 0 Å². The molecule has 2 aromatic heterocycles. The number of benzene rings is 1. The van der Waals surface area contributed by atoms with Gasteiger partial charge < -0.3 is 14.0 Å². The van der Waals surface area contributed by atoms with E-state index in [1.165, 1.54) is 35.0 Å². The number of hydrogen-bond acceptors (Lipinski definition) is 4. The summed E-state index contributed by atoms with van der Waals surface area (Å²) in [4.78, 5) is 0. The minimum absolute atomic E-state index is 0.558. The van der Waals surface area contributed by atoms with E-state index in [4.69, 9.17) is 9.47 Å². The molecular formula is C20H23N3O2. The fourth-order valence-corrected chi connectivity index (χ4v) is 3.80. The van der Waals surface area contributed by atoms with Crippen molar-refractivity contribution < 1.29 is 9.47 Å². The van der Waals surface area contributed by atoms with E-state index in [0.717, 1.165) is 28.6 Å². The van der Waals surface area contributed by atoms with E-state index < -0.39 is 0 Å². The van der Waals surface area contributed by atoms with Crippen LogP contribution in [0.25, 0.3) is 16.5 Å². The molecule has 5 heteroatoms. The molecule has 130 valence electrons. The summed E-state index contributed by atoms with van der Waals surface area (Å²) in [6.45, 7) is 6.34. The number of aryl methyl sites for hydroxylation is 3. The van der Waals surface area contributed by atoms with Crippen LogP contribution in [-0.2, 0) is 0 Å². The lowest BCUT2D eigenvalue weighted by Gasteiger charge is -2.15. The van der Waals surface area contributed by atoms with Crippen molar-refractivity contribution in [2.24, 2.45) is 0 Å².